The summed E-state index contributed by atoms with van der Waals surface area (Å²) < 4.78 is 0. The van der Waals surface area contributed by atoms with Gasteiger partial charge in [0.1, 0.15) is 12.1 Å². The van der Waals surface area contributed by atoms with E-state index in [1.165, 1.54) is 11.1 Å². The summed E-state index contributed by atoms with van der Waals surface area (Å²) in [6.07, 6.45) is 3.46. The molecule has 1 saturated heterocycles. The monoisotopic (exact) mass is 286 g/mol. The fourth-order valence-corrected chi connectivity index (χ4v) is 3.61. The number of amides is 2. The summed E-state index contributed by atoms with van der Waals surface area (Å²) in [6, 6.07) is 7.84. The Morgan fingerprint density at radius 2 is 1.95 bits per heavy atom. The number of carbonyl (C=O) groups excluding carboxylic acids is 2. The fourth-order valence-electron chi connectivity index (χ4n) is 3.61. The third-order valence-corrected chi connectivity index (χ3v) is 4.72. The van der Waals surface area contributed by atoms with Crippen molar-refractivity contribution in [2.24, 2.45) is 0 Å². The van der Waals surface area contributed by atoms with E-state index in [1.54, 1.807) is 6.92 Å². The van der Waals surface area contributed by atoms with Gasteiger partial charge in [-0.25, -0.2) is 0 Å². The van der Waals surface area contributed by atoms with Crippen LogP contribution >= 0.6 is 0 Å². The standard InChI is InChI=1S/C17H22N2O2/c1-3-15-16(20)18-11(2)17(21)19(15)14-9-8-12-6-4-5-7-13(12)10-14/h4-7,11,14-15H,3,8-10H2,1-2H3,(H,18,20). The molecule has 3 unspecified atom stereocenters. The summed E-state index contributed by atoms with van der Waals surface area (Å²) in [5.74, 6) is 0.0503. The Labute approximate surface area is 125 Å². The molecule has 3 rings (SSSR count). The van der Waals surface area contributed by atoms with E-state index in [-0.39, 0.29) is 23.9 Å². The molecular weight excluding hydrogens is 264 g/mol. The highest BCUT2D eigenvalue weighted by Gasteiger charge is 2.41. The lowest BCUT2D eigenvalue weighted by Gasteiger charge is -2.44. The molecule has 0 spiro atoms. The molecule has 0 radical (unpaired) electrons. The largest absolute Gasteiger partial charge is 0.343 e. The van der Waals surface area contributed by atoms with Crippen molar-refractivity contribution in [3.8, 4) is 0 Å². The maximum Gasteiger partial charge on any atom is 0.245 e. The van der Waals surface area contributed by atoms with E-state index in [0.717, 1.165) is 19.3 Å². The number of rotatable bonds is 2. The van der Waals surface area contributed by atoms with Crippen LogP contribution in [-0.4, -0.2) is 34.8 Å². The van der Waals surface area contributed by atoms with Crippen molar-refractivity contribution >= 4 is 11.8 Å². The lowest BCUT2D eigenvalue weighted by molar-refractivity contribution is -0.152. The molecule has 1 aliphatic carbocycles. The van der Waals surface area contributed by atoms with Crippen LogP contribution in [0.3, 0.4) is 0 Å². The summed E-state index contributed by atoms with van der Waals surface area (Å²) in [5, 5.41) is 2.79. The molecule has 4 heteroatoms. The molecule has 1 N–H and O–H groups in total. The van der Waals surface area contributed by atoms with E-state index >= 15 is 0 Å². The molecule has 4 nitrogen and oxygen atoms in total. The van der Waals surface area contributed by atoms with Gasteiger partial charge in [-0.2, -0.15) is 0 Å². The first-order valence-corrected chi connectivity index (χ1v) is 7.81. The highest BCUT2D eigenvalue weighted by Crippen LogP contribution is 2.28. The number of aryl methyl sites for hydroxylation is 1. The topological polar surface area (TPSA) is 49.4 Å². The SMILES string of the molecule is CCC1C(=O)NC(C)C(=O)N1C1CCc2ccccc2C1. The number of benzene rings is 1. The lowest BCUT2D eigenvalue weighted by atomic mass is 9.86. The predicted octanol–water partition coefficient (Wildman–Crippen LogP) is 1.67. The molecule has 2 amide bonds. The zero-order valence-electron chi connectivity index (χ0n) is 12.6. The van der Waals surface area contributed by atoms with Gasteiger partial charge in [0.2, 0.25) is 11.8 Å². The molecule has 1 heterocycles. The number of nitrogens with zero attached hydrogens (tertiary/aromatic N) is 1. The van der Waals surface area contributed by atoms with Gasteiger partial charge in [-0.1, -0.05) is 31.2 Å². The maximum absolute atomic E-state index is 12.6. The van der Waals surface area contributed by atoms with Gasteiger partial charge >= 0.3 is 0 Å². The first-order valence-electron chi connectivity index (χ1n) is 7.81. The zero-order valence-corrected chi connectivity index (χ0v) is 12.6. The number of carbonyl (C=O) groups is 2. The number of nitrogens with one attached hydrogen (secondary N) is 1. The van der Waals surface area contributed by atoms with Crippen LogP contribution in [0.2, 0.25) is 0 Å². The van der Waals surface area contributed by atoms with Crippen LogP contribution in [0.4, 0.5) is 0 Å². The molecule has 1 aliphatic heterocycles. The number of fused-ring (bicyclic) bond motifs is 1. The lowest BCUT2D eigenvalue weighted by Crippen LogP contribution is -2.65. The highest BCUT2D eigenvalue weighted by molar-refractivity contribution is 5.96. The third-order valence-electron chi connectivity index (χ3n) is 4.72. The van der Waals surface area contributed by atoms with Crippen molar-refractivity contribution in [3.05, 3.63) is 35.4 Å². The minimum atomic E-state index is -0.405. The van der Waals surface area contributed by atoms with Crippen LogP contribution < -0.4 is 5.32 Å². The maximum atomic E-state index is 12.6. The minimum Gasteiger partial charge on any atom is -0.343 e. The van der Waals surface area contributed by atoms with Crippen molar-refractivity contribution in [2.75, 3.05) is 0 Å². The van der Waals surface area contributed by atoms with Gasteiger partial charge in [0.15, 0.2) is 0 Å². The normalized spacial score (nSPS) is 29.0. The summed E-state index contributed by atoms with van der Waals surface area (Å²) in [6.45, 7) is 3.74. The zero-order chi connectivity index (χ0) is 15.0. The van der Waals surface area contributed by atoms with Gasteiger partial charge in [-0.3, -0.25) is 9.59 Å². The van der Waals surface area contributed by atoms with Crippen molar-refractivity contribution in [1.82, 2.24) is 10.2 Å². The smallest absolute Gasteiger partial charge is 0.245 e. The Hall–Kier alpha value is -1.84. The highest BCUT2D eigenvalue weighted by atomic mass is 16.2. The quantitative estimate of drug-likeness (QED) is 0.899. The van der Waals surface area contributed by atoms with Crippen molar-refractivity contribution in [3.63, 3.8) is 0 Å². The van der Waals surface area contributed by atoms with Gasteiger partial charge < -0.3 is 10.2 Å². The molecule has 3 atom stereocenters. The number of hydrogen-bond donors (Lipinski definition) is 1. The first kappa shape index (κ1) is 14.1. The molecule has 1 fully saturated rings. The van der Waals surface area contributed by atoms with Crippen LogP contribution in [0.25, 0.3) is 0 Å². The molecular formula is C17H22N2O2. The van der Waals surface area contributed by atoms with E-state index in [4.69, 9.17) is 0 Å². The molecule has 2 aliphatic rings. The molecule has 1 aromatic carbocycles. The van der Waals surface area contributed by atoms with Crippen molar-refractivity contribution in [1.29, 1.82) is 0 Å². The Morgan fingerprint density at radius 3 is 2.67 bits per heavy atom. The summed E-state index contributed by atoms with van der Waals surface area (Å²) in [7, 11) is 0. The Balaban J connectivity index is 1.88. The van der Waals surface area contributed by atoms with E-state index < -0.39 is 6.04 Å². The van der Waals surface area contributed by atoms with E-state index in [9.17, 15) is 9.59 Å². The fraction of sp³-hybridized carbons (Fsp3) is 0.529. The van der Waals surface area contributed by atoms with Crippen molar-refractivity contribution in [2.45, 2.75) is 57.7 Å². The number of piperazine rings is 1. The van der Waals surface area contributed by atoms with E-state index in [0.29, 0.717) is 6.42 Å². The van der Waals surface area contributed by atoms with Gasteiger partial charge in [-0.05, 0) is 43.7 Å². The molecule has 112 valence electrons. The number of hydrogen-bond acceptors (Lipinski definition) is 2. The van der Waals surface area contributed by atoms with Gasteiger partial charge in [-0.15, -0.1) is 0 Å². The van der Waals surface area contributed by atoms with Crippen LogP contribution in [0.15, 0.2) is 24.3 Å². The molecule has 1 aromatic rings. The molecule has 0 aromatic heterocycles. The summed E-state index contributed by atoms with van der Waals surface area (Å²) in [4.78, 5) is 26.6. The minimum absolute atomic E-state index is 0.0107. The average molecular weight is 286 g/mol. The van der Waals surface area contributed by atoms with Gasteiger partial charge in [0.05, 0.1) is 0 Å². The Bertz CT molecular complexity index is 570. The van der Waals surface area contributed by atoms with Crippen LogP contribution in [0.5, 0.6) is 0 Å². The van der Waals surface area contributed by atoms with Crippen molar-refractivity contribution < 1.29 is 9.59 Å². The molecule has 0 saturated carbocycles. The predicted molar refractivity (Wildman–Crippen MR) is 80.8 cm³/mol. The average Bonchev–Trinajstić information content (AvgIpc) is 2.50. The summed E-state index contributed by atoms with van der Waals surface area (Å²) in [5.41, 5.74) is 2.69. The first-order chi connectivity index (χ1) is 10.1. The van der Waals surface area contributed by atoms with Crippen LogP contribution in [0.1, 0.15) is 37.8 Å². The Kier molecular flexibility index (Phi) is 3.70. The second-order valence-corrected chi connectivity index (χ2v) is 6.07. The second kappa shape index (κ2) is 5.51. The second-order valence-electron chi connectivity index (χ2n) is 6.07. The van der Waals surface area contributed by atoms with Crippen LogP contribution in [-0.2, 0) is 22.4 Å². The van der Waals surface area contributed by atoms with Gasteiger partial charge in [0, 0.05) is 6.04 Å². The Morgan fingerprint density at radius 1 is 1.24 bits per heavy atom. The van der Waals surface area contributed by atoms with Crippen LogP contribution in [0, 0.1) is 0 Å². The molecule has 0 bridgehead atoms. The summed E-state index contributed by atoms with van der Waals surface area (Å²) >= 11 is 0. The van der Waals surface area contributed by atoms with E-state index in [2.05, 4.69) is 23.5 Å². The van der Waals surface area contributed by atoms with Gasteiger partial charge in [0.25, 0.3) is 0 Å². The third kappa shape index (κ3) is 2.43. The molecule has 21 heavy (non-hydrogen) atoms. The van der Waals surface area contributed by atoms with E-state index in [1.807, 2.05) is 17.9 Å².